The Labute approximate surface area is 146 Å². The second-order valence-electron chi connectivity index (χ2n) is 4.69. The molecule has 0 saturated carbocycles. The minimum Gasteiger partial charge on any atom is -0.394 e. The van der Waals surface area contributed by atoms with Gasteiger partial charge in [0.25, 0.3) is 0 Å². The predicted octanol–water partition coefficient (Wildman–Crippen LogP) is -4.04. The smallest absolute Gasteiger partial charge is 0.244 e. The van der Waals surface area contributed by atoms with Gasteiger partial charge in [-0.25, -0.2) is 0 Å². The monoisotopic (exact) mass is 422 g/mol. The molecule has 0 radical (unpaired) electrons. The number of aliphatic hydroxyl groups is 2. The first kappa shape index (κ1) is 21.5. The fourth-order valence-corrected chi connectivity index (χ4v) is 1.77. The summed E-state index contributed by atoms with van der Waals surface area (Å²) >= 11 is 0. The van der Waals surface area contributed by atoms with Crippen LogP contribution in [0.2, 0.25) is 0 Å². The Morgan fingerprint density at radius 3 is 1.43 bits per heavy atom. The topological polar surface area (TPSA) is 157 Å². The van der Waals surface area contributed by atoms with E-state index < -0.39 is 48.9 Å². The van der Waals surface area contributed by atoms with Crippen molar-refractivity contribution in [1.82, 2.24) is 21.3 Å². The van der Waals surface area contributed by atoms with Crippen LogP contribution >= 0.6 is 0 Å². The normalized spacial score (nSPS) is 24.3. The van der Waals surface area contributed by atoms with E-state index in [4.69, 9.17) is 10.2 Å². The SMILES string of the molecule is O=C1CCNC(=O)C(CO)NC(=O)CCNC(=O)C(CO)N1.[Pd]. The number of nitrogens with one attached hydrogen (secondary N) is 4. The average Bonchev–Trinajstić information content (AvgIpc) is 2.49. The number of hydrogen-bond acceptors (Lipinski definition) is 6. The molecule has 0 spiro atoms. The number of hydrogen-bond donors (Lipinski definition) is 6. The van der Waals surface area contributed by atoms with Gasteiger partial charge in [-0.3, -0.25) is 19.2 Å². The van der Waals surface area contributed by atoms with Gasteiger partial charge in [-0.15, -0.1) is 0 Å². The molecule has 1 aliphatic heterocycles. The second-order valence-corrected chi connectivity index (χ2v) is 4.69. The van der Waals surface area contributed by atoms with Crippen LogP contribution in [-0.4, -0.2) is 72.2 Å². The van der Waals surface area contributed by atoms with Crippen molar-refractivity contribution in [3.05, 3.63) is 0 Å². The van der Waals surface area contributed by atoms with Crippen molar-refractivity contribution < 1.29 is 49.8 Å². The minimum atomic E-state index is -1.11. The van der Waals surface area contributed by atoms with Gasteiger partial charge in [0.1, 0.15) is 12.1 Å². The Bertz CT molecular complexity index is 407. The van der Waals surface area contributed by atoms with Crippen LogP contribution in [0, 0.1) is 0 Å². The summed E-state index contributed by atoms with van der Waals surface area (Å²) in [6, 6.07) is -2.22. The summed E-state index contributed by atoms with van der Waals surface area (Å²) in [5, 5.41) is 27.6. The Kier molecular flexibility index (Phi) is 10.3. The van der Waals surface area contributed by atoms with Gasteiger partial charge in [0.2, 0.25) is 23.6 Å². The summed E-state index contributed by atoms with van der Waals surface area (Å²) in [5.74, 6) is -2.25. The van der Waals surface area contributed by atoms with Crippen molar-refractivity contribution in [2.45, 2.75) is 24.9 Å². The quantitative estimate of drug-likeness (QED) is 0.249. The maximum Gasteiger partial charge on any atom is 0.244 e. The van der Waals surface area contributed by atoms with E-state index in [1.165, 1.54) is 0 Å². The summed E-state index contributed by atoms with van der Waals surface area (Å²) in [6.45, 7) is -1.22. The molecule has 1 aliphatic rings. The molecule has 134 valence electrons. The van der Waals surface area contributed by atoms with Gasteiger partial charge in [-0.05, 0) is 0 Å². The van der Waals surface area contributed by atoms with E-state index in [0.717, 1.165) is 0 Å². The molecule has 2 atom stereocenters. The fraction of sp³-hybridized carbons (Fsp3) is 0.667. The molecular formula is C12H20N4O6Pd. The van der Waals surface area contributed by atoms with E-state index in [9.17, 15) is 19.2 Å². The minimum absolute atomic E-state index is 0. The van der Waals surface area contributed by atoms with Crippen molar-refractivity contribution in [2.24, 2.45) is 0 Å². The standard InChI is InChI=1S/C12H20N4O6.Pd/c17-5-7-12(22)14-4-2-10(20)16-8(6-18)11(21)13-3-1-9(19)15-7;/h7-8,17-18H,1-6H2,(H,13,21)(H,14,22)(H,15,19)(H,16,20);. The van der Waals surface area contributed by atoms with Crippen LogP contribution in [0.3, 0.4) is 0 Å². The summed E-state index contributed by atoms with van der Waals surface area (Å²) in [5.41, 5.74) is 0. The van der Waals surface area contributed by atoms with Crippen molar-refractivity contribution in [1.29, 1.82) is 0 Å². The molecule has 0 aromatic heterocycles. The number of aliphatic hydroxyl groups excluding tert-OH is 2. The molecule has 0 aromatic rings. The molecule has 4 amide bonds. The third-order valence-electron chi connectivity index (χ3n) is 2.97. The third-order valence-corrected chi connectivity index (χ3v) is 2.97. The number of carbonyl (C=O) groups excluding carboxylic acids is 4. The second kappa shape index (κ2) is 11.1. The van der Waals surface area contributed by atoms with Crippen LogP contribution in [0.15, 0.2) is 0 Å². The number of rotatable bonds is 2. The summed E-state index contributed by atoms with van der Waals surface area (Å²) < 4.78 is 0. The zero-order valence-electron chi connectivity index (χ0n) is 12.2. The first-order valence-electron chi connectivity index (χ1n) is 6.83. The van der Waals surface area contributed by atoms with Crippen LogP contribution in [0.4, 0.5) is 0 Å². The number of amides is 4. The van der Waals surface area contributed by atoms with E-state index in [-0.39, 0.29) is 46.4 Å². The Balaban J connectivity index is 0.00000484. The van der Waals surface area contributed by atoms with Crippen LogP contribution in [0.25, 0.3) is 0 Å². The predicted molar refractivity (Wildman–Crippen MR) is 73.3 cm³/mol. The van der Waals surface area contributed by atoms with E-state index in [0.29, 0.717) is 0 Å². The molecule has 1 heterocycles. The molecule has 0 bridgehead atoms. The van der Waals surface area contributed by atoms with Gasteiger partial charge >= 0.3 is 0 Å². The maximum absolute atomic E-state index is 11.7. The van der Waals surface area contributed by atoms with Gasteiger partial charge in [-0.1, -0.05) is 0 Å². The van der Waals surface area contributed by atoms with Crippen LogP contribution in [-0.2, 0) is 39.6 Å². The third kappa shape index (κ3) is 7.52. The summed E-state index contributed by atoms with van der Waals surface area (Å²) in [7, 11) is 0. The van der Waals surface area contributed by atoms with Crippen LogP contribution < -0.4 is 21.3 Å². The molecule has 2 unspecified atom stereocenters. The largest absolute Gasteiger partial charge is 0.394 e. The van der Waals surface area contributed by atoms with Gasteiger partial charge < -0.3 is 31.5 Å². The molecule has 1 rings (SSSR count). The molecule has 0 aromatic carbocycles. The molecule has 1 saturated heterocycles. The van der Waals surface area contributed by atoms with Crippen molar-refractivity contribution in [3.63, 3.8) is 0 Å². The maximum atomic E-state index is 11.7. The van der Waals surface area contributed by atoms with E-state index >= 15 is 0 Å². The van der Waals surface area contributed by atoms with Gasteiger partial charge in [0, 0.05) is 46.4 Å². The fourth-order valence-electron chi connectivity index (χ4n) is 1.77. The van der Waals surface area contributed by atoms with Gasteiger partial charge in [0.15, 0.2) is 0 Å². The van der Waals surface area contributed by atoms with Crippen LogP contribution in [0.5, 0.6) is 0 Å². The zero-order chi connectivity index (χ0) is 16.5. The molecule has 0 aliphatic carbocycles. The van der Waals surface area contributed by atoms with Crippen molar-refractivity contribution >= 4 is 23.6 Å². The first-order chi connectivity index (χ1) is 10.5. The average molecular weight is 423 g/mol. The zero-order valence-corrected chi connectivity index (χ0v) is 13.8. The Morgan fingerprint density at radius 1 is 0.783 bits per heavy atom. The Hall–Kier alpha value is -1.54. The van der Waals surface area contributed by atoms with Gasteiger partial charge in [0.05, 0.1) is 13.2 Å². The molecule has 11 heteroatoms. The van der Waals surface area contributed by atoms with E-state index in [1.807, 2.05) is 0 Å². The molecular weight excluding hydrogens is 403 g/mol. The summed E-state index contributed by atoms with van der Waals surface area (Å²) in [4.78, 5) is 46.6. The molecule has 1 fully saturated rings. The van der Waals surface area contributed by atoms with Crippen molar-refractivity contribution in [3.8, 4) is 0 Å². The van der Waals surface area contributed by atoms with Crippen molar-refractivity contribution in [2.75, 3.05) is 26.3 Å². The molecule has 23 heavy (non-hydrogen) atoms. The summed E-state index contributed by atoms with van der Waals surface area (Å²) in [6.07, 6.45) is -0.219. The van der Waals surface area contributed by atoms with Gasteiger partial charge in [-0.2, -0.15) is 0 Å². The molecule has 6 N–H and O–H groups in total. The van der Waals surface area contributed by atoms with Crippen LogP contribution in [0.1, 0.15) is 12.8 Å². The first-order valence-corrected chi connectivity index (χ1v) is 6.83. The van der Waals surface area contributed by atoms with E-state index in [2.05, 4.69) is 21.3 Å². The Morgan fingerprint density at radius 2 is 1.13 bits per heavy atom. The number of carbonyl (C=O) groups is 4. The molecule has 10 nitrogen and oxygen atoms in total. The van der Waals surface area contributed by atoms with E-state index in [1.54, 1.807) is 0 Å².